The van der Waals surface area contributed by atoms with Gasteiger partial charge in [0, 0.05) is 13.0 Å². The molecule has 0 radical (unpaired) electrons. The van der Waals surface area contributed by atoms with Gasteiger partial charge in [-0.1, -0.05) is 24.3 Å². The third kappa shape index (κ3) is 2.85. The zero-order valence-electron chi connectivity index (χ0n) is 12.0. The van der Waals surface area contributed by atoms with Crippen LogP contribution in [0.5, 0.6) is 0 Å². The van der Waals surface area contributed by atoms with Crippen molar-refractivity contribution in [2.75, 3.05) is 0 Å². The van der Waals surface area contributed by atoms with Crippen molar-refractivity contribution < 1.29 is 22.7 Å². The topological polar surface area (TPSA) is 74.7 Å². The van der Waals surface area contributed by atoms with E-state index in [0.717, 1.165) is 39.7 Å². The van der Waals surface area contributed by atoms with Gasteiger partial charge < -0.3 is 5.11 Å². The van der Waals surface area contributed by atoms with Gasteiger partial charge in [0.2, 0.25) is 10.0 Å². The van der Waals surface area contributed by atoms with E-state index in [-0.39, 0.29) is 17.9 Å². The van der Waals surface area contributed by atoms with Gasteiger partial charge in [0.1, 0.15) is 11.9 Å². The monoisotopic (exact) mass is 335 g/mol. The summed E-state index contributed by atoms with van der Waals surface area (Å²) in [5, 5.41) is 9.42. The number of halogens is 1. The summed E-state index contributed by atoms with van der Waals surface area (Å²) >= 11 is 0. The SMILES string of the molecule is O=C(O)[C@@H]1Cc2ccccc2CN1S(=O)(=O)c1ccc(F)cc1. The molecule has 1 N–H and O–H groups in total. The molecule has 0 spiro atoms. The summed E-state index contributed by atoms with van der Waals surface area (Å²) in [5.41, 5.74) is 1.60. The number of carboxylic acid groups (broad SMARTS) is 1. The Labute approximate surface area is 133 Å². The molecule has 1 aliphatic heterocycles. The van der Waals surface area contributed by atoms with Gasteiger partial charge in [-0.3, -0.25) is 4.79 Å². The summed E-state index contributed by atoms with van der Waals surface area (Å²) in [4.78, 5) is 11.4. The van der Waals surface area contributed by atoms with Crippen LogP contribution in [0.15, 0.2) is 53.4 Å². The molecule has 1 heterocycles. The highest BCUT2D eigenvalue weighted by molar-refractivity contribution is 7.89. The lowest BCUT2D eigenvalue weighted by molar-refractivity contribution is -0.141. The number of fused-ring (bicyclic) bond motifs is 1. The van der Waals surface area contributed by atoms with Crippen molar-refractivity contribution in [2.45, 2.75) is 23.9 Å². The van der Waals surface area contributed by atoms with E-state index in [0.29, 0.717) is 0 Å². The number of sulfonamides is 1. The fourth-order valence-electron chi connectivity index (χ4n) is 2.70. The molecule has 7 heteroatoms. The lowest BCUT2D eigenvalue weighted by atomic mass is 9.96. The normalized spacial score (nSPS) is 18.4. The summed E-state index contributed by atoms with van der Waals surface area (Å²) in [5.74, 6) is -1.76. The number of hydrogen-bond donors (Lipinski definition) is 1. The largest absolute Gasteiger partial charge is 0.480 e. The molecule has 0 aliphatic carbocycles. The van der Waals surface area contributed by atoms with Crippen molar-refractivity contribution in [3.05, 3.63) is 65.5 Å². The van der Waals surface area contributed by atoms with Gasteiger partial charge in [-0.05, 0) is 35.4 Å². The summed E-state index contributed by atoms with van der Waals surface area (Å²) < 4.78 is 39.5. The molecule has 2 aromatic rings. The minimum atomic E-state index is -4.03. The maximum Gasteiger partial charge on any atom is 0.322 e. The Bertz CT molecular complexity index is 849. The summed E-state index contributed by atoms with van der Waals surface area (Å²) in [6, 6.07) is 10.3. The van der Waals surface area contributed by atoms with Crippen LogP contribution >= 0.6 is 0 Å². The molecule has 0 bridgehead atoms. The van der Waals surface area contributed by atoms with Crippen LogP contribution in [0.3, 0.4) is 0 Å². The van der Waals surface area contributed by atoms with Gasteiger partial charge in [0.15, 0.2) is 0 Å². The minimum Gasteiger partial charge on any atom is -0.480 e. The number of carboxylic acids is 1. The van der Waals surface area contributed by atoms with Crippen molar-refractivity contribution in [1.29, 1.82) is 0 Å². The molecule has 0 aromatic heterocycles. The van der Waals surface area contributed by atoms with Gasteiger partial charge in [-0.25, -0.2) is 12.8 Å². The Morgan fingerprint density at radius 3 is 2.30 bits per heavy atom. The lowest BCUT2D eigenvalue weighted by Crippen LogP contribution is -2.48. The Morgan fingerprint density at radius 2 is 1.70 bits per heavy atom. The van der Waals surface area contributed by atoms with Crippen LogP contribution in [-0.2, 0) is 27.8 Å². The molecule has 1 atom stereocenters. The van der Waals surface area contributed by atoms with Gasteiger partial charge in [0.05, 0.1) is 4.90 Å². The van der Waals surface area contributed by atoms with Crippen LogP contribution in [0.25, 0.3) is 0 Å². The van der Waals surface area contributed by atoms with E-state index in [9.17, 15) is 22.7 Å². The molecule has 3 rings (SSSR count). The molecular weight excluding hydrogens is 321 g/mol. The molecule has 5 nitrogen and oxygen atoms in total. The van der Waals surface area contributed by atoms with E-state index >= 15 is 0 Å². The molecule has 0 saturated heterocycles. The molecule has 23 heavy (non-hydrogen) atoms. The van der Waals surface area contributed by atoms with Gasteiger partial charge in [-0.15, -0.1) is 0 Å². The zero-order valence-corrected chi connectivity index (χ0v) is 12.8. The Kier molecular flexibility index (Phi) is 3.91. The third-order valence-corrected chi connectivity index (χ3v) is 5.78. The van der Waals surface area contributed by atoms with Crippen LogP contribution < -0.4 is 0 Å². The lowest BCUT2D eigenvalue weighted by Gasteiger charge is -2.33. The van der Waals surface area contributed by atoms with Gasteiger partial charge >= 0.3 is 5.97 Å². The number of nitrogens with zero attached hydrogens (tertiary/aromatic N) is 1. The van der Waals surface area contributed by atoms with E-state index < -0.39 is 27.9 Å². The molecule has 0 unspecified atom stereocenters. The van der Waals surface area contributed by atoms with Crippen LogP contribution in [0, 0.1) is 5.82 Å². The highest BCUT2D eigenvalue weighted by Crippen LogP contribution is 2.29. The van der Waals surface area contributed by atoms with Crippen LogP contribution in [0.1, 0.15) is 11.1 Å². The minimum absolute atomic E-state index is 0.0210. The van der Waals surface area contributed by atoms with Crippen LogP contribution in [-0.4, -0.2) is 29.8 Å². The quantitative estimate of drug-likeness (QED) is 0.931. The molecule has 0 fully saturated rings. The number of carbonyl (C=O) groups is 1. The fourth-order valence-corrected chi connectivity index (χ4v) is 4.26. The van der Waals surface area contributed by atoms with Gasteiger partial charge in [0.25, 0.3) is 0 Å². The Morgan fingerprint density at radius 1 is 1.09 bits per heavy atom. The first-order valence-electron chi connectivity index (χ1n) is 6.96. The zero-order chi connectivity index (χ0) is 16.6. The predicted molar refractivity (Wildman–Crippen MR) is 80.7 cm³/mol. The highest BCUT2D eigenvalue weighted by Gasteiger charge is 2.39. The van der Waals surface area contributed by atoms with Crippen molar-refractivity contribution in [2.24, 2.45) is 0 Å². The van der Waals surface area contributed by atoms with Crippen molar-refractivity contribution in [3.8, 4) is 0 Å². The summed E-state index contributed by atoms with van der Waals surface area (Å²) in [6.07, 6.45) is 0.103. The fraction of sp³-hybridized carbons (Fsp3) is 0.188. The van der Waals surface area contributed by atoms with Crippen molar-refractivity contribution >= 4 is 16.0 Å². The first-order chi connectivity index (χ1) is 10.9. The van der Waals surface area contributed by atoms with E-state index in [1.807, 2.05) is 0 Å². The standard InChI is InChI=1S/C16H14FNO4S/c17-13-5-7-14(8-6-13)23(21,22)18-10-12-4-2-1-3-11(12)9-15(18)16(19)20/h1-8,15H,9-10H2,(H,19,20)/t15-/m0/s1. The van der Waals surface area contributed by atoms with Crippen LogP contribution in [0.4, 0.5) is 4.39 Å². The van der Waals surface area contributed by atoms with Crippen molar-refractivity contribution in [1.82, 2.24) is 4.31 Å². The molecule has 2 aromatic carbocycles. The third-order valence-electron chi connectivity index (χ3n) is 3.91. The summed E-state index contributed by atoms with van der Waals surface area (Å²) in [6.45, 7) is -0.0210. The van der Waals surface area contributed by atoms with Crippen molar-refractivity contribution in [3.63, 3.8) is 0 Å². The van der Waals surface area contributed by atoms with E-state index in [4.69, 9.17) is 0 Å². The molecule has 0 saturated carbocycles. The maximum absolute atomic E-state index is 13.0. The Hall–Kier alpha value is -2.25. The molecule has 1 aliphatic rings. The van der Waals surface area contributed by atoms with E-state index in [1.54, 1.807) is 24.3 Å². The first kappa shape index (κ1) is 15.6. The number of hydrogen-bond acceptors (Lipinski definition) is 3. The average Bonchev–Trinajstić information content (AvgIpc) is 2.54. The number of rotatable bonds is 3. The average molecular weight is 335 g/mol. The second kappa shape index (κ2) is 5.75. The van der Waals surface area contributed by atoms with E-state index in [1.165, 1.54) is 0 Å². The maximum atomic E-state index is 13.0. The Balaban J connectivity index is 2.05. The summed E-state index contributed by atoms with van der Waals surface area (Å²) in [7, 11) is -4.03. The number of benzene rings is 2. The highest BCUT2D eigenvalue weighted by atomic mass is 32.2. The predicted octanol–water partition coefficient (Wildman–Crippen LogP) is 2.03. The molecule has 120 valence electrons. The smallest absolute Gasteiger partial charge is 0.322 e. The van der Waals surface area contributed by atoms with E-state index in [2.05, 4.69) is 0 Å². The number of aliphatic carboxylic acids is 1. The first-order valence-corrected chi connectivity index (χ1v) is 8.40. The molecular formula is C16H14FNO4S. The second-order valence-electron chi connectivity index (χ2n) is 5.33. The van der Waals surface area contributed by atoms with Gasteiger partial charge in [-0.2, -0.15) is 4.31 Å². The van der Waals surface area contributed by atoms with Crippen LogP contribution in [0.2, 0.25) is 0 Å². The second-order valence-corrected chi connectivity index (χ2v) is 7.22. The molecule has 0 amide bonds.